The number of ether oxygens (including phenoxy) is 1. The zero-order valence-electron chi connectivity index (χ0n) is 16.9. The van der Waals surface area contributed by atoms with E-state index in [2.05, 4.69) is 4.98 Å². The molecule has 2 fully saturated rings. The number of aromatic nitrogens is 1. The minimum absolute atomic E-state index is 0.0379. The van der Waals surface area contributed by atoms with Crippen LogP contribution < -0.4 is 0 Å². The molecule has 156 valence electrons. The lowest BCUT2D eigenvalue weighted by atomic mass is 9.92. The van der Waals surface area contributed by atoms with Crippen molar-refractivity contribution in [1.82, 2.24) is 14.2 Å². The van der Waals surface area contributed by atoms with Crippen molar-refractivity contribution in [2.45, 2.75) is 50.2 Å². The maximum absolute atomic E-state index is 14.4. The Labute approximate surface area is 172 Å². The van der Waals surface area contributed by atoms with Crippen molar-refractivity contribution in [2.75, 3.05) is 19.6 Å². The molecule has 2 aliphatic rings. The highest BCUT2D eigenvalue weighted by atomic mass is 32.2. The number of carbonyl (C=O) groups is 1. The Morgan fingerprint density at radius 2 is 2.07 bits per heavy atom. The van der Waals surface area contributed by atoms with Gasteiger partial charge >= 0.3 is 6.09 Å². The van der Waals surface area contributed by atoms with Crippen LogP contribution in [0.5, 0.6) is 0 Å². The first-order chi connectivity index (χ1) is 13.7. The van der Waals surface area contributed by atoms with Crippen LogP contribution in [0.4, 0.5) is 9.18 Å². The van der Waals surface area contributed by atoms with E-state index in [1.807, 2.05) is 25.1 Å². The van der Waals surface area contributed by atoms with Gasteiger partial charge in [0.05, 0.1) is 17.1 Å². The molecule has 29 heavy (non-hydrogen) atoms. The summed E-state index contributed by atoms with van der Waals surface area (Å²) in [7, 11) is -1.52. The normalized spacial score (nSPS) is 23.8. The molecule has 0 bridgehead atoms. The van der Waals surface area contributed by atoms with Gasteiger partial charge in [0.25, 0.3) is 0 Å². The fraction of sp³-hybridized carbons (Fsp3) is 0.524. The second-order valence-corrected chi connectivity index (χ2v) is 10.2. The summed E-state index contributed by atoms with van der Waals surface area (Å²) < 4.78 is 35.2. The lowest BCUT2D eigenvalue weighted by molar-refractivity contribution is 0.00645. The molecule has 0 saturated carbocycles. The lowest BCUT2D eigenvalue weighted by Gasteiger charge is -2.37. The molecule has 1 amide bonds. The Balaban J connectivity index is 1.58. The summed E-state index contributed by atoms with van der Waals surface area (Å²) in [4.78, 5) is 18.8. The third-order valence-corrected chi connectivity index (χ3v) is 6.98. The molecular formula is C21H26FN3O3S. The molecule has 0 N–H and O–H groups in total. The molecule has 2 saturated heterocycles. The second-order valence-electron chi connectivity index (χ2n) is 8.72. The van der Waals surface area contributed by atoms with Crippen LogP contribution in [0.15, 0.2) is 35.5 Å². The number of carbonyl (C=O) groups excluding carboxylic acids is 1. The average molecular weight is 420 g/mol. The number of pyridine rings is 1. The summed E-state index contributed by atoms with van der Waals surface area (Å²) in [6.45, 7) is 7.30. The number of nitrogens with zero attached hydrogens (tertiary/aromatic N) is 3. The maximum atomic E-state index is 14.4. The van der Waals surface area contributed by atoms with Gasteiger partial charge in [-0.1, -0.05) is 12.1 Å². The van der Waals surface area contributed by atoms with E-state index in [4.69, 9.17) is 4.74 Å². The SMILES string of the molecule is CC(C)(C)OC(=O)N1CCCC2CN(S(=O)c3cccc4cncc(F)c34)CC21. The van der Waals surface area contributed by atoms with Crippen molar-refractivity contribution in [3.63, 3.8) is 0 Å². The summed E-state index contributed by atoms with van der Waals surface area (Å²) in [5, 5.41) is 0.975. The Kier molecular flexibility index (Phi) is 5.33. The first-order valence-corrected chi connectivity index (χ1v) is 11.0. The molecule has 3 atom stereocenters. The molecule has 3 heterocycles. The van der Waals surface area contributed by atoms with Gasteiger partial charge in [-0.2, -0.15) is 0 Å². The zero-order chi connectivity index (χ0) is 20.8. The number of fused-ring (bicyclic) bond motifs is 2. The number of likely N-dealkylation sites (tertiary alicyclic amines) is 1. The van der Waals surface area contributed by atoms with E-state index in [1.165, 1.54) is 0 Å². The van der Waals surface area contributed by atoms with Gasteiger partial charge in [0.1, 0.15) is 16.6 Å². The van der Waals surface area contributed by atoms with E-state index in [1.54, 1.807) is 29.3 Å². The van der Waals surface area contributed by atoms with Crippen molar-refractivity contribution in [1.29, 1.82) is 0 Å². The van der Waals surface area contributed by atoms with Gasteiger partial charge in [-0.3, -0.25) is 4.98 Å². The average Bonchev–Trinajstić information content (AvgIpc) is 3.10. The minimum Gasteiger partial charge on any atom is -0.444 e. The summed E-state index contributed by atoms with van der Waals surface area (Å²) in [5.41, 5.74) is -0.556. The highest BCUT2D eigenvalue weighted by Crippen LogP contribution is 2.35. The van der Waals surface area contributed by atoms with Crippen molar-refractivity contribution < 1.29 is 18.1 Å². The van der Waals surface area contributed by atoms with E-state index in [0.717, 1.165) is 19.0 Å². The third kappa shape index (κ3) is 4.00. The van der Waals surface area contributed by atoms with Crippen LogP contribution in [0.2, 0.25) is 0 Å². The van der Waals surface area contributed by atoms with Crippen LogP contribution in [0, 0.1) is 11.7 Å². The minimum atomic E-state index is -1.52. The van der Waals surface area contributed by atoms with Crippen LogP contribution in [0.1, 0.15) is 33.6 Å². The van der Waals surface area contributed by atoms with Gasteiger partial charge < -0.3 is 9.64 Å². The third-order valence-electron chi connectivity index (χ3n) is 5.50. The number of halogens is 1. The first-order valence-electron chi connectivity index (χ1n) is 9.93. The predicted molar refractivity (Wildman–Crippen MR) is 109 cm³/mol. The number of benzene rings is 1. The second kappa shape index (κ2) is 7.65. The topological polar surface area (TPSA) is 62.7 Å². The molecule has 0 radical (unpaired) electrons. The van der Waals surface area contributed by atoms with Crippen LogP contribution >= 0.6 is 0 Å². The Morgan fingerprint density at radius 3 is 2.83 bits per heavy atom. The fourth-order valence-electron chi connectivity index (χ4n) is 4.27. The van der Waals surface area contributed by atoms with Crippen molar-refractivity contribution in [2.24, 2.45) is 5.92 Å². The quantitative estimate of drug-likeness (QED) is 0.744. The summed E-state index contributed by atoms with van der Waals surface area (Å²) >= 11 is 0. The van der Waals surface area contributed by atoms with E-state index in [0.29, 0.717) is 35.3 Å². The highest BCUT2D eigenvalue weighted by molar-refractivity contribution is 7.83. The van der Waals surface area contributed by atoms with Gasteiger partial charge in [0.15, 0.2) is 5.82 Å². The van der Waals surface area contributed by atoms with Gasteiger partial charge in [-0.05, 0) is 45.6 Å². The molecule has 3 unspecified atom stereocenters. The number of amides is 1. The van der Waals surface area contributed by atoms with Crippen LogP contribution in [-0.2, 0) is 15.7 Å². The number of rotatable bonds is 2. The van der Waals surface area contributed by atoms with Crippen LogP contribution in [0.25, 0.3) is 10.8 Å². The van der Waals surface area contributed by atoms with Gasteiger partial charge in [0.2, 0.25) is 0 Å². The number of piperidine rings is 1. The zero-order valence-corrected chi connectivity index (χ0v) is 17.7. The molecule has 1 aromatic heterocycles. The smallest absolute Gasteiger partial charge is 0.410 e. The Hall–Kier alpha value is -2.06. The predicted octanol–water partition coefficient (Wildman–Crippen LogP) is 3.73. The Bertz CT molecular complexity index is 957. The molecule has 2 aliphatic heterocycles. The number of hydrogen-bond donors (Lipinski definition) is 0. The van der Waals surface area contributed by atoms with Crippen molar-refractivity contribution in [3.05, 3.63) is 36.4 Å². The Morgan fingerprint density at radius 1 is 1.28 bits per heavy atom. The van der Waals surface area contributed by atoms with E-state index in [9.17, 15) is 13.4 Å². The molecule has 1 aromatic carbocycles. The van der Waals surface area contributed by atoms with E-state index < -0.39 is 22.4 Å². The molecule has 0 spiro atoms. The summed E-state index contributed by atoms with van der Waals surface area (Å²) in [6, 6.07) is 5.20. The van der Waals surface area contributed by atoms with Gasteiger partial charge in [0, 0.05) is 36.6 Å². The van der Waals surface area contributed by atoms with Crippen LogP contribution in [0.3, 0.4) is 0 Å². The highest BCUT2D eigenvalue weighted by Gasteiger charge is 2.44. The molecule has 2 aromatic rings. The standard InChI is InChI=1S/C21H26FN3O3S/c1-21(2,3)28-20(26)25-9-5-7-15-12-24(13-17(15)25)29(27)18-8-4-6-14-10-23-11-16(22)19(14)18/h4,6,8,10-11,15,17H,5,7,9,12-13H2,1-3H3. The lowest BCUT2D eigenvalue weighted by Crippen LogP contribution is -2.50. The van der Waals surface area contributed by atoms with Gasteiger partial charge in [-0.15, -0.1) is 0 Å². The largest absolute Gasteiger partial charge is 0.444 e. The van der Waals surface area contributed by atoms with E-state index in [-0.39, 0.29) is 18.1 Å². The molecule has 6 nitrogen and oxygen atoms in total. The first kappa shape index (κ1) is 20.2. The summed E-state index contributed by atoms with van der Waals surface area (Å²) in [6.07, 6.45) is 4.28. The van der Waals surface area contributed by atoms with Crippen molar-refractivity contribution >= 4 is 27.9 Å². The van der Waals surface area contributed by atoms with E-state index >= 15 is 0 Å². The monoisotopic (exact) mass is 419 g/mol. The van der Waals surface area contributed by atoms with Crippen molar-refractivity contribution in [3.8, 4) is 0 Å². The maximum Gasteiger partial charge on any atom is 0.410 e. The summed E-state index contributed by atoms with van der Waals surface area (Å²) in [5.74, 6) is -0.236. The fourth-order valence-corrected chi connectivity index (χ4v) is 5.75. The molecule has 8 heteroatoms. The van der Waals surface area contributed by atoms with Crippen LogP contribution in [-0.4, -0.2) is 55.8 Å². The molecule has 0 aliphatic carbocycles. The van der Waals surface area contributed by atoms with Gasteiger partial charge in [-0.25, -0.2) is 17.7 Å². The molecular weight excluding hydrogens is 393 g/mol. The number of hydrogen-bond acceptors (Lipinski definition) is 4. The molecule has 4 rings (SSSR count).